The van der Waals surface area contributed by atoms with Gasteiger partial charge in [-0.1, -0.05) is 0 Å². The number of anilines is 1. The lowest BCUT2D eigenvalue weighted by Gasteiger charge is -2.09. The molecule has 0 radical (unpaired) electrons. The molecule has 3 N–H and O–H groups in total. The van der Waals surface area contributed by atoms with Crippen molar-refractivity contribution in [3.8, 4) is 0 Å². The molecule has 1 unspecified atom stereocenters. The normalized spacial score (nSPS) is 19.9. The van der Waals surface area contributed by atoms with Gasteiger partial charge in [-0.2, -0.15) is 0 Å². The van der Waals surface area contributed by atoms with Gasteiger partial charge in [0, 0.05) is 17.8 Å². The Hall–Kier alpha value is -1.75. The number of benzene rings is 1. The fourth-order valence-corrected chi connectivity index (χ4v) is 2.20. The average Bonchev–Trinajstić information content (AvgIpc) is 2.83. The second-order valence-electron chi connectivity index (χ2n) is 4.32. The third kappa shape index (κ3) is 1.82. The molecule has 88 valence electrons. The predicted molar refractivity (Wildman–Crippen MR) is 64.1 cm³/mol. The number of halogens is 1. The van der Waals surface area contributed by atoms with Gasteiger partial charge in [-0.3, -0.25) is 0 Å². The molecule has 1 saturated heterocycles. The molecule has 1 aliphatic heterocycles. The topological polar surface area (TPSA) is 63.8 Å². The maximum Gasteiger partial charge on any atom is 0.135 e. The zero-order chi connectivity index (χ0) is 11.8. The summed E-state index contributed by atoms with van der Waals surface area (Å²) in [5.74, 6) is 1.11. The van der Waals surface area contributed by atoms with Gasteiger partial charge in [0.25, 0.3) is 0 Å². The molecule has 3 rings (SSSR count). The minimum atomic E-state index is -0.317. The third-order valence-electron chi connectivity index (χ3n) is 3.13. The van der Waals surface area contributed by atoms with Crippen LogP contribution in [0.25, 0.3) is 10.9 Å². The summed E-state index contributed by atoms with van der Waals surface area (Å²) in [5.41, 5.74) is 6.56. The van der Waals surface area contributed by atoms with Crippen LogP contribution in [0.2, 0.25) is 0 Å². The van der Waals surface area contributed by atoms with E-state index < -0.39 is 0 Å². The van der Waals surface area contributed by atoms with Gasteiger partial charge in [-0.05, 0) is 31.2 Å². The molecule has 1 aromatic carbocycles. The van der Waals surface area contributed by atoms with Gasteiger partial charge in [-0.25, -0.2) is 14.4 Å². The smallest absolute Gasteiger partial charge is 0.135 e. The van der Waals surface area contributed by atoms with Crippen LogP contribution in [-0.2, 0) is 0 Å². The van der Waals surface area contributed by atoms with E-state index in [4.69, 9.17) is 5.73 Å². The van der Waals surface area contributed by atoms with Gasteiger partial charge >= 0.3 is 0 Å². The molecule has 2 aromatic rings. The van der Waals surface area contributed by atoms with Gasteiger partial charge in [-0.15, -0.1) is 0 Å². The van der Waals surface area contributed by atoms with Gasteiger partial charge in [0.1, 0.15) is 17.5 Å². The van der Waals surface area contributed by atoms with E-state index in [1.165, 1.54) is 12.1 Å². The number of hydrogen-bond donors (Lipinski definition) is 2. The molecule has 1 aromatic heterocycles. The molecule has 0 amide bonds. The molecule has 17 heavy (non-hydrogen) atoms. The molecule has 0 saturated carbocycles. The average molecular weight is 232 g/mol. The van der Waals surface area contributed by atoms with Crippen LogP contribution in [0.1, 0.15) is 18.2 Å². The van der Waals surface area contributed by atoms with Crippen LogP contribution < -0.4 is 11.1 Å². The van der Waals surface area contributed by atoms with Crippen molar-refractivity contribution in [2.24, 2.45) is 0 Å². The maximum atomic E-state index is 13.1. The Kier molecular flexibility index (Phi) is 2.40. The van der Waals surface area contributed by atoms with E-state index in [1.54, 1.807) is 6.07 Å². The summed E-state index contributed by atoms with van der Waals surface area (Å²) in [6, 6.07) is 4.42. The molecule has 1 aliphatic rings. The maximum absolute atomic E-state index is 13.1. The summed E-state index contributed by atoms with van der Waals surface area (Å²) in [7, 11) is 0. The molecule has 4 nitrogen and oxygen atoms in total. The van der Waals surface area contributed by atoms with Crippen LogP contribution in [0.4, 0.5) is 10.2 Å². The number of rotatable bonds is 1. The van der Waals surface area contributed by atoms with Crippen molar-refractivity contribution >= 4 is 16.7 Å². The van der Waals surface area contributed by atoms with Crippen molar-refractivity contribution in [1.82, 2.24) is 15.3 Å². The predicted octanol–water partition coefficient (Wildman–Crippen LogP) is 1.43. The number of fused-ring (bicyclic) bond motifs is 1. The number of nitrogen functional groups attached to an aromatic ring is 1. The highest BCUT2D eigenvalue weighted by Gasteiger charge is 2.20. The molecule has 0 aliphatic carbocycles. The van der Waals surface area contributed by atoms with Crippen molar-refractivity contribution in [3.05, 3.63) is 29.8 Å². The molecule has 0 spiro atoms. The molecule has 0 bridgehead atoms. The molecule has 1 atom stereocenters. The monoisotopic (exact) mass is 232 g/mol. The van der Waals surface area contributed by atoms with E-state index in [-0.39, 0.29) is 5.82 Å². The van der Waals surface area contributed by atoms with Crippen molar-refractivity contribution in [1.29, 1.82) is 0 Å². The van der Waals surface area contributed by atoms with Crippen LogP contribution in [0.5, 0.6) is 0 Å². The fraction of sp³-hybridized carbons (Fsp3) is 0.333. The quantitative estimate of drug-likeness (QED) is 0.780. The van der Waals surface area contributed by atoms with Crippen LogP contribution in [0.15, 0.2) is 18.2 Å². The summed E-state index contributed by atoms with van der Waals surface area (Å²) < 4.78 is 13.1. The van der Waals surface area contributed by atoms with Gasteiger partial charge in [0.05, 0.1) is 5.52 Å². The highest BCUT2D eigenvalue weighted by atomic mass is 19.1. The minimum absolute atomic E-state index is 0.312. The number of nitrogens with zero attached hydrogens (tertiary/aromatic N) is 2. The number of nitrogens with two attached hydrogens (primary N) is 1. The first-order valence-electron chi connectivity index (χ1n) is 5.67. The second kappa shape index (κ2) is 3.92. The molecule has 2 heterocycles. The zero-order valence-corrected chi connectivity index (χ0v) is 9.28. The minimum Gasteiger partial charge on any atom is -0.383 e. The Morgan fingerprint density at radius 2 is 2.24 bits per heavy atom. The van der Waals surface area contributed by atoms with Gasteiger partial charge in [0.2, 0.25) is 0 Å². The first-order valence-corrected chi connectivity index (χ1v) is 5.67. The van der Waals surface area contributed by atoms with E-state index in [1.807, 2.05) is 0 Å². The molecule has 1 fully saturated rings. The Balaban J connectivity index is 2.13. The van der Waals surface area contributed by atoms with Crippen molar-refractivity contribution in [2.45, 2.75) is 12.3 Å². The van der Waals surface area contributed by atoms with E-state index in [2.05, 4.69) is 15.3 Å². The summed E-state index contributed by atoms with van der Waals surface area (Å²) >= 11 is 0. The second-order valence-corrected chi connectivity index (χ2v) is 4.32. The summed E-state index contributed by atoms with van der Waals surface area (Å²) in [4.78, 5) is 8.75. The Morgan fingerprint density at radius 1 is 1.35 bits per heavy atom. The highest BCUT2D eigenvalue weighted by molar-refractivity contribution is 5.87. The van der Waals surface area contributed by atoms with E-state index in [0.717, 1.165) is 25.3 Å². The van der Waals surface area contributed by atoms with Crippen LogP contribution in [0.3, 0.4) is 0 Å². The summed E-state index contributed by atoms with van der Waals surface area (Å²) in [5, 5.41) is 3.85. The Morgan fingerprint density at radius 3 is 3.00 bits per heavy atom. The van der Waals surface area contributed by atoms with Crippen LogP contribution in [0, 0.1) is 5.82 Å². The van der Waals surface area contributed by atoms with Gasteiger partial charge in [0.15, 0.2) is 0 Å². The van der Waals surface area contributed by atoms with Crippen molar-refractivity contribution in [3.63, 3.8) is 0 Å². The first kappa shape index (κ1) is 10.4. The standard InChI is InChI=1S/C12H13FN4/c13-8-1-2-10-9(5-8)11(14)17-12(16-10)7-3-4-15-6-7/h1-2,5,7,15H,3-4,6H2,(H2,14,16,17). The van der Waals surface area contributed by atoms with Crippen LogP contribution >= 0.6 is 0 Å². The Bertz CT molecular complexity index is 564. The largest absolute Gasteiger partial charge is 0.383 e. The molecular formula is C12H13FN4. The molecular weight excluding hydrogens is 219 g/mol. The van der Waals surface area contributed by atoms with E-state index in [0.29, 0.717) is 22.6 Å². The first-order chi connectivity index (χ1) is 8.24. The van der Waals surface area contributed by atoms with Crippen molar-refractivity contribution < 1.29 is 4.39 Å². The number of aromatic nitrogens is 2. The highest BCUT2D eigenvalue weighted by Crippen LogP contribution is 2.24. The van der Waals surface area contributed by atoms with Crippen LogP contribution in [-0.4, -0.2) is 23.1 Å². The van der Waals surface area contributed by atoms with E-state index in [9.17, 15) is 4.39 Å². The van der Waals surface area contributed by atoms with E-state index >= 15 is 0 Å². The third-order valence-corrected chi connectivity index (χ3v) is 3.13. The zero-order valence-electron chi connectivity index (χ0n) is 9.28. The molecule has 5 heteroatoms. The lowest BCUT2D eigenvalue weighted by atomic mass is 10.1. The van der Waals surface area contributed by atoms with Crippen molar-refractivity contribution in [2.75, 3.05) is 18.8 Å². The number of hydrogen-bond acceptors (Lipinski definition) is 4. The summed E-state index contributed by atoms with van der Waals surface area (Å²) in [6.07, 6.45) is 1.02. The van der Waals surface area contributed by atoms with Gasteiger partial charge < -0.3 is 11.1 Å². The SMILES string of the molecule is Nc1nc(C2CCNC2)nc2ccc(F)cc12. The lowest BCUT2D eigenvalue weighted by Crippen LogP contribution is -2.11. The summed E-state index contributed by atoms with van der Waals surface area (Å²) in [6.45, 7) is 1.86. The number of nitrogens with one attached hydrogen (secondary N) is 1. The fourth-order valence-electron chi connectivity index (χ4n) is 2.20. The lowest BCUT2D eigenvalue weighted by molar-refractivity contribution is 0.629. The Labute approximate surface area is 98.1 Å².